The van der Waals surface area contributed by atoms with Gasteiger partial charge in [0.05, 0.1) is 17.9 Å². The Kier molecular flexibility index (Phi) is 4.02. The van der Waals surface area contributed by atoms with Gasteiger partial charge in [0.25, 0.3) is 0 Å². The second-order valence-corrected chi connectivity index (χ2v) is 6.11. The SMILES string of the molecule is CC(C)NC(CC1Cc2ccccc21)c1ccc(F)cn1. The smallest absolute Gasteiger partial charge is 0.141 e. The molecule has 1 N–H and O–H groups in total. The van der Waals surface area contributed by atoms with Gasteiger partial charge < -0.3 is 5.32 Å². The van der Waals surface area contributed by atoms with Crippen LogP contribution in [0.5, 0.6) is 0 Å². The average molecular weight is 284 g/mol. The van der Waals surface area contributed by atoms with Gasteiger partial charge in [0.15, 0.2) is 0 Å². The topological polar surface area (TPSA) is 24.9 Å². The largest absolute Gasteiger partial charge is 0.306 e. The number of hydrogen-bond donors (Lipinski definition) is 1. The number of pyridine rings is 1. The molecule has 3 heteroatoms. The Morgan fingerprint density at radius 2 is 2.05 bits per heavy atom. The summed E-state index contributed by atoms with van der Waals surface area (Å²) in [6.45, 7) is 4.26. The average Bonchev–Trinajstić information content (AvgIpc) is 2.44. The third-order valence-corrected chi connectivity index (χ3v) is 4.12. The summed E-state index contributed by atoms with van der Waals surface area (Å²) in [6.07, 6.45) is 3.44. The zero-order valence-electron chi connectivity index (χ0n) is 12.5. The van der Waals surface area contributed by atoms with Crippen LogP contribution in [0.2, 0.25) is 0 Å². The summed E-state index contributed by atoms with van der Waals surface area (Å²) in [6, 6.07) is 12.4. The molecule has 1 aromatic carbocycles. The van der Waals surface area contributed by atoms with Gasteiger partial charge in [-0.3, -0.25) is 4.98 Å². The van der Waals surface area contributed by atoms with Crippen LogP contribution in [0.15, 0.2) is 42.6 Å². The van der Waals surface area contributed by atoms with E-state index in [0.717, 1.165) is 18.5 Å². The van der Waals surface area contributed by atoms with Crippen molar-refractivity contribution >= 4 is 0 Å². The quantitative estimate of drug-likeness (QED) is 0.898. The lowest BCUT2D eigenvalue weighted by atomic mass is 9.74. The van der Waals surface area contributed by atoms with Crippen molar-refractivity contribution in [2.75, 3.05) is 0 Å². The first-order chi connectivity index (χ1) is 10.1. The zero-order valence-corrected chi connectivity index (χ0v) is 12.5. The van der Waals surface area contributed by atoms with Crippen LogP contribution in [0.1, 0.15) is 49.0 Å². The van der Waals surface area contributed by atoms with Crippen LogP contribution < -0.4 is 5.32 Å². The minimum Gasteiger partial charge on any atom is -0.306 e. The molecular formula is C18H21FN2. The minimum atomic E-state index is -0.281. The highest BCUT2D eigenvalue weighted by molar-refractivity contribution is 5.40. The van der Waals surface area contributed by atoms with E-state index in [-0.39, 0.29) is 11.9 Å². The van der Waals surface area contributed by atoms with Gasteiger partial charge in [0.2, 0.25) is 0 Å². The van der Waals surface area contributed by atoms with Crippen molar-refractivity contribution in [2.45, 2.75) is 44.7 Å². The van der Waals surface area contributed by atoms with E-state index in [9.17, 15) is 4.39 Å². The monoisotopic (exact) mass is 284 g/mol. The number of fused-ring (bicyclic) bond motifs is 1. The summed E-state index contributed by atoms with van der Waals surface area (Å²) < 4.78 is 13.1. The molecule has 0 saturated carbocycles. The molecular weight excluding hydrogens is 263 g/mol. The number of halogens is 1. The first-order valence-electron chi connectivity index (χ1n) is 7.59. The van der Waals surface area contributed by atoms with E-state index in [1.54, 1.807) is 6.07 Å². The summed E-state index contributed by atoms with van der Waals surface area (Å²) >= 11 is 0. The van der Waals surface area contributed by atoms with E-state index in [0.29, 0.717) is 12.0 Å². The van der Waals surface area contributed by atoms with E-state index in [1.807, 2.05) is 0 Å². The summed E-state index contributed by atoms with van der Waals surface area (Å²) in [7, 11) is 0. The van der Waals surface area contributed by atoms with Crippen LogP contribution in [0.25, 0.3) is 0 Å². The first kappa shape index (κ1) is 14.2. The molecule has 1 aliphatic carbocycles. The molecule has 0 saturated heterocycles. The molecule has 21 heavy (non-hydrogen) atoms. The highest BCUT2D eigenvalue weighted by Crippen LogP contribution is 2.40. The molecule has 2 nitrogen and oxygen atoms in total. The van der Waals surface area contributed by atoms with E-state index in [4.69, 9.17) is 0 Å². The van der Waals surface area contributed by atoms with Crippen LogP contribution >= 0.6 is 0 Å². The molecule has 110 valence electrons. The Hall–Kier alpha value is -1.74. The van der Waals surface area contributed by atoms with E-state index >= 15 is 0 Å². The molecule has 1 aliphatic rings. The van der Waals surface area contributed by atoms with Crippen molar-refractivity contribution in [2.24, 2.45) is 0 Å². The molecule has 1 aromatic heterocycles. The van der Waals surface area contributed by atoms with E-state index in [2.05, 4.69) is 48.4 Å². The molecule has 0 aliphatic heterocycles. The number of benzene rings is 1. The van der Waals surface area contributed by atoms with Crippen LogP contribution in [0, 0.1) is 5.82 Å². The maximum absolute atomic E-state index is 13.1. The van der Waals surface area contributed by atoms with Gasteiger partial charge in [-0.15, -0.1) is 0 Å². The van der Waals surface area contributed by atoms with E-state index in [1.165, 1.54) is 23.4 Å². The molecule has 0 fully saturated rings. The minimum absolute atomic E-state index is 0.170. The number of rotatable bonds is 5. The van der Waals surface area contributed by atoms with Crippen LogP contribution in [-0.4, -0.2) is 11.0 Å². The van der Waals surface area contributed by atoms with E-state index < -0.39 is 0 Å². The normalized spacial score (nSPS) is 18.2. The fourth-order valence-electron chi connectivity index (χ4n) is 3.13. The first-order valence-corrected chi connectivity index (χ1v) is 7.59. The molecule has 2 unspecified atom stereocenters. The van der Waals surface area contributed by atoms with Gasteiger partial charge in [-0.1, -0.05) is 38.1 Å². The molecule has 3 rings (SSSR count). The van der Waals surface area contributed by atoms with Crippen molar-refractivity contribution in [1.29, 1.82) is 0 Å². The zero-order chi connectivity index (χ0) is 14.8. The fourth-order valence-corrected chi connectivity index (χ4v) is 3.13. The highest BCUT2D eigenvalue weighted by Gasteiger charge is 2.29. The molecule has 1 heterocycles. The predicted molar refractivity (Wildman–Crippen MR) is 82.7 cm³/mol. The molecule has 0 amide bonds. The Labute approximate surface area is 125 Å². The Balaban J connectivity index is 1.76. The number of nitrogens with zero attached hydrogens (tertiary/aromatic N) is 1. The van der Waals surface area contributed by atoms with Gasteiger partial charge >= 0.3 is 0 Å². The summed E-state index contributed by atoms with van der Waals surface area (Å²) in [5.41, 5.74) is 3.84. The predicted octanol–water partition coefficient (Wildman–Crippen LogP) is 3.99. The maximum Gasteiger partial charge on any atom is 0.141 e. The van der Waals surface area contributed by atoms with Gasteiger partial charge in [-0.25, -0.2) is 4.39 Å². The maximum atomic E-state index is 13.1. The Morgan fingerprint density at radius 1 is 1.24 bits per heavy atom. The molecule has 0 radical (unpaired) electrons. The highest BCUT2D eigenvalue weighted by atomic mass is 19.1. The lowest BCUT2D eigenvalue weighted by molar-refractivity contribution is 0.393. The summed E-state index contributed by atoms with van der Waals surface area (Å²) in [5.74, 6) is 0.292. The van der Waals surface area contributed by atoms with Gasteiger partial charge in [0.1, 0.15) is 5.82 Å². The molecule has 0 spiro atoms. The van der Waals surface area contributed by atoms with Crippen molar-refractivity contribution in [3.8, 4) is 0 Å². The summed E-state index contributed by atoms with van der Waals surface area (Å²) in [5, 5.41) is 3.56. The molecule has 2 aromatic rings. The fraction of sp³-hybridized carbons (Fsp3) is 0.389. The van der Waals surface area contributed by atoms with Crippen molar-refractivity contribution in [1.82, 2.24) is 10.3 Å². The van der Waals surface area contributed by atoms with Gasteiger partial charge in [-0.05, 0) is 42.0 Å². The third-order valence-electron chi connectivity index (χ3n) is 4.12. The molecule has 0 bridgehead atoms. The second-order valence-electron chi connectivity index (χ2n) is 6.11. The Bertz CT molecular complexity index is 607. The van der Waals surface area contributed by atoms with Gasteiger partial charge in [0, 0.05) is 6.04 Å². The van der Waals surface area contributed by atoms with Crippen LogP contribution in [0.4, 0.5) is 4.39 Å². The van der Waals surface area contributed by atoms with Crippen molar-refractivity contribution < 1.29 is 4.39 Å². The Morgan fingerprint density at radius 3 is 2.71 bits per heavy atom. The third kappa shape index (κ3) is 3.13. The lowest BCUT2D eigenvalue weighted by Crippen LogP contribution is -2.32. The van der Waals surface area contributed by atoms with Crippen molar-refractivity contribution in [3.63, 3.8) is 0 Å². The second kappa shape index (κ2) is 5.94. The number of aromatic nitrogens is 1. The number of hydrogen-bond acceptors (Lipinski definition) is 2. The van der Waals surface area contributed by atoms with Crippen LogP contribution in [0.3, 0.4) is 0 Å². The lowest BCUT2D eigenvalue weighted by Gasteiger charge is -2.34. The number of nitrogens with one attached hydrogen (secondary N) is 1. The standard InChI is InChI=1S/C18H21FN2/c1-12(2)21-18(17-8-7-15(19)11-20-17)10-14-9-13-5-3-4-6-16(13)14/h3-8,11-12,14,18,21H,9-10H2,1-2H3. The summed E-state index contributed by atoms with van der Waals surface area (Å²) in [4.78, 5) is 4.26. The van der Waals surface area contributed by atoms with Gasteiger partial charge in [-0.2, -0.15) is 0 Å². The van der Waals surface area contributed by atoms with Crippen LogP contribution in [-0.2, 0) is 6.42 Å². The molecule has 2 atom stereocenters. The van der Waals surface area contributed by atoms with Crippen molar-refractivity contribution in [3.05, 3.63) is 65.2 Å².